The Bertz CT molecular complexity index is 309. The van der Waals surface area contributed by atoms with Gasteiger partial charge >= 0.3 is 0 Å². The first-order valence-electron chi connectivity index (χ1n) is 5.10. The van der Waals surface area contributed by atoms with Gasteiger partial charge in [0.1, 0.15) is 0 Å². The molecule has 68 valence electrons. The van der Waals surface area contributed by atoms with Gasteiger partial charge in [0.25, 0.3) is 0 Å². The highest BCUT2D eigenvalue weighted by molar-refractivity contribution is 5.41. The highest BCUT2D eigenvalue weighted by Gasteiger charge is 2.28. The standard InChI is InChI=1S/C12H14O/c1-2-9-6-11-4-5-13-8-12(11)7-10(9)3-1/h1-3,7,9,11H,4-6,8H2. The first-order chi connectivity index (χ1) is 6.43. The quantitative estimate of drug-likeness (QED) is 0.548. The number of allylic oxidation sites excluding steroid dienone is 5. The molecule has 1 heteroatoms. The van der Waals surface area contributed by atoms with E-state index in [1.54, 1.807) is 0 Å². The van der Waals surface area contributed by atoms with Gasteiger partial charge in [0, 0.05) is 12.5 Å². The van der Waals surface area contributed by atoms with Crippen molar-refractivity contribution < 1.29 is 4.74 Å². The minimum atomic E-state index is 0.715. The second-order valence-corrected chi connectivity index (χ2v) is 4.15. The molecule has 13 heavy (non-hydrogen) atoms. The van der Waals surface area contributed by atoms with E-state index in [0.717, 1.165) is 19.1 Å². The maximum Gasteiger partial charge on any atom is 0.0682 e. The van der Waals surface area contributed by atoms with Gasteiger partial charge in [-0.2, -0.15) is 0 Å². The van der Waals surface area contributed by atoms with E-state index in [4.69, 9.17) is 4.74 Å². The lowest BCUT2D eigenvalue weighted by Gasteiger charge is -2.32. The van der Waals surface area contributed by atoms with Gasteiger partial charge in [0.2, 0.25) is 0 Å². The first kappa shape index (κ1) is 7.57. The predicted molar refractivity (Wildman–Crippen MR) is 52.3 cm³/mol. The molecular formula is C12H14O. The fourth-order valence-electron chi connectivity index (χ4n) is 2.57. The van der Waals surface area contributed by atoms with Gasteiger partial charge in [-0.25, -0.2) is 0 Å². The topological polar surface area (TPSA) is 9.23 Å². The summed E-state index contributed by atoms with van der Waals surface area (Å²) in [6.45, 7) is 1.83. The molecule has 0 spiro atoms. The summed E-state index contributed by atoms with van der Waals surface area (Å²) in [4.78, 5) is 0. The number of ether oxygens (including phenoxy) is 1. The Morgan fingerprint density at radius 1 is 1.38 bits per heavy atom. The van der Waals surface area contributed by atoms with Crippen molar-refractivity contribution in [1.29, 1.82) is 0 Å². The van der Waals surface area contributed by atoms with Crippen molar-refractivity contribution in [2.45, 2.75) is 12.8 Å². The second kappa shape index (κ2) is 2.85. The summed E-state index contributed by atoms with van der Waals surface area (Å²) in [5.41, 5.74) is 3.02. The highest BCUT2D eigenvalue weighted by atomic mass is 16.5. The first-order valence-corrected chi connectivity index (χ1v) is 5.10. The number of fused-ring (bicyclic) bond motifs is 2. The van der Waals surface area contributed by atoms with E-state index in [0.29, 0.717) is 5.92 Å². The van der Waals surface area contributed by atoms with Crippen LogP contribution in [0.25, 0.3) is 0 Å². The van der Waals surface area contributed by atoms with Gasteiger partial charge < -0.3 is 4.74 Å². The summed E-state index contributed by atoms with van der Waals surface area (Å²) in [6, 6.07) is 0. The van der Waals surface area contributed by atoms with Crippen molar-refractivity contribution >= 4 is 0 Å². The Labute approximate surface area is 78.8 Å². The van der Waals surface area contributed by atoms with Crippen LogP contribution in [-0.4, -0.2) is 13.2 Å². The molecule has 1 saturated heterocycles. The molecule has 0 aromatic heterocycles. The molecule has 3 rings (SSSR count). The smallest absolute Gasteiger partial charge is 0.0682 e. The summed E-state index contributed by atoms with van der Waals surface area (Å²) in [5, 5.41) is 0. The van der Waals surface area contributed by atoms with Gasteiger partial charge in [0.05, 0.1) is 6.61 Å². The maximum atomic E-state index is 5.47. The van der Waals surface area contributed by atoms with Crippen LogP contribution in [0.4, 0.5) is 0 Å². The molecule has 1 aliphatic heterocycles. The maximum absolute atomic E-state index is 5.47. The van der Waals surface area contributed by atoms with Gasteiger partial charge in [0.15, 0.2) is 0 Å². The lowest BCUT2D eigenvalue weighted by atomic mass is 9.77. The monoisotopic (exact) mass is 174 g/mol. The van der Waals surface area contributed by atoms with E-state index in [1.807, 2.05) is 0 Å². The molecule has 1 nitrogen and oxygen atoms in total. The number of hydrogen-bond donors (Lipinski definition) is 0. The zero-order valence-electron chi connectivity index (χ0n) is 7.70. The second-order valence-electron chi connectivity index (χ2n) is 4.15. The van der Waals surface area contributed by atoms with Gasteiger partial charge in [-0.15, -0.1) is 0 Å². The Balaban J connectivity index is 1.93. The molecule has 2 aliphatic carbocycles. The van der Waals surface area contributed by atoms with Gasteiger partial charge in [-0.05, 0) is 29.9 Å². The third-order valence-corrected chi connectivity index (χ3v) is 3.35. The summed E-state index contributed by atoms with van der Waals surface area (Å²) >= 11 is 0. The molecule has 1 fully saturated rings. The van der Waals surface area contributed by atoms with Crippen LogP contribution in [-0.2, 0) is 4.74 Å². The van der Waals surface area contributed by atoms with Gasteiger partial charge in [-0.3, -0.25) is 0 Å². The lowest BCUT2D eigenvalue weighted by molar-refractivity contribution is 0.101. The Morgan fingerprint density at radius 3 is 3.38 bits per heavy atom. The normalized spacial score (nSPS) is 36.3. The molecule has 0 radical (unpaired) electrons. The summed E-state index contributed by atoms with van der Waals surface area (Å²) in [7, 11) is 0. The number of rotatable bonds is 0. The lowest BCUT2D eigenvalue weighted by Crippen LogP contribution is -2.24. The Morgan fingerprint density at radius 2 is 2.38 bits per heavy atom. The minimum Gasteiger partial charge on any atom is -0.377 e. The van der Waals surface area contributed by atoms with Crippen molar-refractivity contribution in [3.63, 3.8) is 0 Å². The van der Waals surface area contributed by atoms with Crippen LogP contribution in [0, 0.1) is 11.8 Å². The third kappa shape index (κ3) is 1.19. The molecule has 0 aromatic carbocycles. The molecule has 0 bridgehead atoms. The van der Waals surface area contributed by atoms with Crippen LogP contribution < -0.4 is 0 Å². The van der Waals surface area contributed by atoms with E-state index in [1.165, 1.54) is 24.0 Å². The van der Waals surface area contributed by atoms with E-state index in [9.17, 15) is 0 Å². The van der Waals surface area contributed by atoms with Crippen LogP contribution in [0.5, 0.6) is 0 Å². The van der Waals surface area contributed by atoms with E-state index >= 15 is 0 Å². The molecule has 0 N–H and O–H groups in total. The summed E-state index contributed by atoms with van der Waals surface area (Å²) < 4.78 is 5.47. The Hall–Kier alpha value is -0.820. The zero-order valence-corrected chi connectivity index (χ0v) is 7.70. The van der Waals surface area contributed by atoms with Crippen LogP contribution >= 0.6 is 0 Å². The summed E-state index contributed by atoms with van der Waals surface area (Å²) in [6.07, 6.45) is 11.7. The summed E-state index contributed by atoms with van der Waals surface area (Å²) in [5.74, 6) is 1.52. The van der Waals surface area contributed by atoms with Crippen molar-refractivity contribution in [3.8, 4) is 0 Å². The van der Waals surface area contributed by atoms with Crippen LogP contribution in [0.15, 0.2) is 35.5 Å². The van der Waals surface area contributed by atoms with E-state index < -0.39 is 0 Å². The third-order valence-electron chi connectivity index (χ3n) is 3.35. The SMILES string of the molecule is C1=CC2CC3CCOCC3=CC2=C1. The van der Waals surface area contributed by atoms with Crippen molar-refractivity contribution in [1.82, 2.24) is 0 Å². The number of hydrogen-bond acceptors (Lipinski definition) is 1. The highest BCUT2D eigenvalue weighted by Crippen LogP contribution is 2.39. The van der Waals surface area contributed by atoms with Crippen LogP contribution in [0.3, 0.4) is 0 Å². The van der Waals surface area contributed by atoms with E-state index in [2.05, 4.69) is 24.3 Å². The molecule has 0 aromatic rings. The average molecular weight is 174 g/mol. The van der Waals surface area contributed by atoms with Crippen molar-refractivity contribution in [2.24, 2.45) is 11.8 Å². The average Bonchev–Trinajstić information content (AvgIpc) is 2.61. The largest absolute Gasteiger partial charge is 0.377 e. The molecular weight excluding hydrogens is 160 g/mol. The predicted octanol–water partition coefficient (Wildman–Crippen LogP) is 2.47. The van der Waals surface area contributed by atoms with Crippen LogP contribution in [0.1, 0.15) is 12.8 Å². The molecule has 0 saturated carbocycles. The van der Waals surface area contributed by atoms with Crippen molar-refractivity contribution in [2.75, 3.05) is 13.2 Å². The van der Waals surface area contributed by atoms with E-state index in [-0.39, 0.29) is 0 Å². The minimum absolute atomic E-state index is 0.715. The Kier molecular flexibility index (Phi) is 1.66. The molecule has 3 aliphatic rings. The van der Waals surface area contributed by atoms with Crippen molar-refractivity contribution in [3.05, 3.63) is 35.5 Å². The fraction of sp³-hybridized carbons (Fsp3) is 0.500. The zero-order chi connectivity index (χ0) is 8.67. The molecule has 1 heterocycles. The van der Waals surface area contributed by atoms with Crippen LogP contribution in [0.2, 0.25) is 0 Å². The fourth-order valence-corrected chi connectivity index (χ4v) is 2.57. The molecule has 2 unspecified atom stereocenters. The molecule has 2 atom stereocenters. The molecule has 0 amide bonds. The van der Waals surface area contributed by atoms with Gasteiger partial charge in [-0.1, -0.05) is 24.3 Å².